The molecule has 6 heteroatoms. The van der Waals surface area contributed by atoms with E-state index < -0.39 is 16.1 Å². The van der Waals surface area contributed by atoms with E-state index in [0.29, 0.717) is 0 Å². The maximum absolute atomic E-state index is 13.0. The van der Waals surface area contributed by atoms with Crippen molar-refractivity contribution in [2.24, 2.45) is 0 Å². The summed E-state index contributed by atoms with van der Waals surface area (Å²) in [5, 5.41) is 11.2. The van der Waals surface area contributed by atoms with Crippen LogP contribution in [-0.4, -0.2) is 8.42 Å². The van der Waals surface area contributed by atoms with Crippen molar-refractivity contribution in [3.63, 3.8) is 0 Å². The molecule has 0 saturated carbocycles. The van der Waals surface area contributed by atoms with E-state index in [4.69, 9.17) is 0 Å². The van der Waals surface area contributed by atoms with Gasteiger partial charge in [-0.2, -0.15) is 9.98 Å². The normalized spacial score (nSPS) is 12.5. The van der Waals surface area contributed by atoms with Gasteiger partial charge in [-0.3, -0.25) is 0 Å². The predicted octanol–water partition coefficient (Wildman–Crippen LogP) is 4.25. The SMILES string of the molecule is CCc1ccc([C@@H](NS(=O)(=O)c2ccccc2C#N)c2cccs2)cc1. The van der Waals surface area contributed by atoms with Crippen LogP contribution in [0, 0.1) is 11.3 Å². The van der Waals surface area contributed by atoms with E-state index in [9.17, 15) is 13.7 Å². The van der Waals surface area contributed by atoms with E-state index in [1.54, 1.807) is 12.1 Å². The zero-order chi connectivity index (χ0) is 18.6. The van der Waals surface area contributed by atoms with Crippen molar-refractivity contribution in [3.8, 4) is 6.07 Å². The smallest absolute Gasteiger partial charge is 0.207 e. The average molecular weight is 383 g/mol. The molecule has 0 aliphatic rings. The molecule has 0 spiro atoms. The van der Waals surface area contributed by atoms with Crippen molar-refractivity contribution in [1.29, 1.82) is 5.26 Å². The van der Waals surface area contributed by atoms with Crippen LogP contribution < -0.4 is 4.72 Å². The first-order valence-corrected chi connectivity index (χ1v) is 10.5. The Hall–Kier alpha value is -2.46. The second kappa shape index (κ2) is 7.83. The van der Waals surface area contributed by atoms with Crippen LogP contribution in [-0.2, 0) is 16.4 Å². The first kappa shape index (κ1) is 18.3. The number of rotatable bonds is 6. The number of hydrogen-bond acceptors (Lipinski definition) is 4. The second-order valence-electron chi connectivity index (χ2n) is 5.77. The van der Waals surface area contributed by atoms with Crippen LogP contribution in [0.5, 0.6) is 0 Å². The van der Waals surface area contributed by atoms with Crippen molar-refractivity contribution in [2.75, 3.05) is 0 Å². The lowest BCUT2D eigenvalue weighted by Gasteiger charge is -2.19. The van der Waals surface area contributed by atoms with Gasteiger partial charge in [0, 0.05) is 4.88 Å². The average Bonchev–Trinajstić information content (AvgIpc) is 3.21. The highest BCUT2D eigenvalue weighted by atomic mass is 32.2. The van der Waals surface area contributed by atoms with Crippen LogP contribution in [0.15, 0.2) is 70.9 Å². The molecule has 1 N–H and O–H groups in total. The molecule has 132 valence electrons. The van der Waals surface area contributed by atoms with Gasteiger partial charge in [0.2, 0.25) is 10.0 Å². The van der Waals surface area contributed by atoms with E-state index in [2.05, 4.69) is 11.6 Å². The van der Waals surface area contributed by atoms with Gasteiger partial charge in [-0.25, -0.2) is 8.42 Å². The minimum absolute atomic E-state index is 0.00534. The molecule has 3 rings (SSSR count). The summed E-state index contributed by atoms with van der Waals surface area (Å²) >= 11 is 1.49. The van der Waals surface area contributed by atoms with E-state index in [0.717, 1.165) is 16.9 Å². The van der Waals surface area contributed by atoms with Crippen LogP contribution in [0.1, 0.15) is 34.5 Å². The van der Waals surface area contributed by atoms with Gasteiger partial charge < -0.3 is 0 Å². The third kappa shape index (κ3) is 3.86. The molecule has 1 atom stereocenters. The van der Waals surface area contributed by atoms with Gasteiger partial charge >= 0.3 is 0 Å². The quantitative estimate of drug-likeness (QED) is 0.693. The van der Waals surface area contributed by atoms with Gasteiger partial charge in [-0.05, 0) is 41.1 Å². The zero-order valence-corrected chi connectivity index (χ0v) is 15.8. The number of aryl methyl sites for hydroxylation is 1. The summed E-state index contributed by atoms with van der Waals surface area (Å²) in [6.45, 7) is 2.08. The molecule has 0 amide bonds. The second-order valence-corrected chi connectivity index (χ2v) is 8.43. The number of thiophene rings is 1. The predicted molar refractivity (Wildman–Crippen MR) is 103 cm³/mol. The highest BCUT2D eigenvalue weighted by Gasteiger charge is 2.25. The third-order valence-electron chi connectivity index (χ3n) is 4.12. The maximum atomic E-state index is 13.0. The molecule has 26 heavy (non-hydrogen) atoms. The molecule has 0 bridgehead atoms. The topological polar surface area (TPSA) is 70.0 Å². The molecule has 0 radical (unpaired) electrons. The van der Waals surface area contributed by atoms with Gasteiger partial charge in [0.05, 0.1) is 16.5 Å². The number of hydrogen-bond donors (Lipinski definition) is 1. The summed E-state index contributed by atoms with van der Waals surface area (Å²) in [6, 6.07) is 19.4. The highest BCUT2D eigenvalue weighted by molar-refractivity contribution is 7.89. The fourth-order valence-corrected chi connectivity index (χ4v) is 4.94. The summed E-state index contributed by atoms with van der Waals surface area (Å²) < 4.78 is 28.7. The van der Waals surface area contributed by atoms with Crippen molar-refractivity contribution >= 4 is 21.4 Å². The number of nitrogens with one attached hydrogen (secondary N) is 1. The Morgan fingerprint density at radius 1 is 1.08 bits per heavy atom. The van der Waals surface area contributed by atoms with Crippen LogP contribution in [0.25, 0.3) is 0 Å². The summed E-state index contributed by atoms with van der Waals surface area (Å²) in [7, 11) is -3.86. The van der Waals surface area contributed by atoms with Gasteiger partial charge in [-0.15, -0.1) is 11.3 Å². The lowest BCUT2D eigenvalue weighted by Crippen LogP contribution is -2.29. The lowest BCUT2D eigenvalue weighted by molar-refractivity contribution is 0.573. The van der Waals surface area contributed by atoms with Crippen molar-refractivity contribution < 1.29 is 8.42 Å². The molecule has 0 saturated heterocycles. The van der Waals surface area contributed by atoms with Gasteiger partial charge in [0.1, 0.15) is 6.07 Å². The van der Waals surface area contributed by atoms with Crippen LogP contribution in [0.2, 0.25) is 0 Å². The minimum atomic E-state index is -3.86. The molecule has 3 aromatic rings. The summed E-state index contributed by atoms with van der Waals surface area (Å²) in [4.78, 5) is 0.890. The Kier molecular flexibility index (Phi) is 5.52. The van der Waals surface area contributed by atoms with Crippen LogP contribution >= 0.6 is 11.3 Å². The molecule has 0 aliphatic carbocycles. The monoisotopic (exact) mass is 382 g/mol. The number of benzene rings is 2. The summed E-state index contributed by atoms with van der Waals surface area (Å²) in [5.41, 5.74) is 2.19. The Balaban J connectivity index is 2.02. The molecular weight excluding hydrogens is 364 g/mol. The number of sulfonamides is 1. The molecular formula is C20H18N2O2S2. The molecule has 0 fully saturated rings. The summed E-state index contributed by atoms with van der Waals surface area (Å²) in [5.74, 6) is 0. The molecule has 4 nitrogen and oxygen atoms in total. The Labute approximate surface area is 157 Å². The molecule has 1 heterocycles. The fraction of sp³-hybridized carbons (Fsp3) is 0.150. The van der Waals surface area contributed by atoms with Gasteiger partial charge in [0.15, 0.2) is 0 Å². The Morgan fingerprint density at radius 3 is 2.42 bits per heavy atom. The molecule has 1 aromatic heterocycles. The first-order chi connectivity index (χ1) is 12.5. The van der Waals surface area contributed by atoms with E-state index in [-0.39, 0.29) is 10.5 Å². The third-order valence-corrected chi connectivity index (χ3v) is 6.54. The molecule has 0 aliphatic heterocycles. The highest BCUT2D eigenvalue weighted by Crippen LogP contribution is 2.29. The van der Waals surface area contributed by atoms with Crippen LogP contribution in [0.3, 0.4) is 0 Å². The van der Waals surface area contributed by atoms with Gasteiger partial charge in [-0.1, -0.05) is 49.4 Å². The minimum Gasteiger partial charge on any atom is -0.207 e. The molecule has 2 aromatic carbocycles. The summed E-state index contributed by atoms with van der Waals surface area (Å²) in [6.07, 6.45) is 0.922. The van der Waals surface area contributed by atoms with Crippen molar-refractivity contribution in [3.05, 3.63) is 87.6 Å². The van der Waals surface area contributed by atoms with E-state index >= 15 is 0 Å². The largest absolute Gasteiger partial charge is 0.242 e. The Morgan fingerprint density at radius 2 is 1.81 bits per heavy atom. The fourth-order valence-electron chi connectivity index (χ4n) is 2.70. The maximum Gasteiger partial charge on any atom is 0.242 e. The zero-order valence-electron chi connectivity index (χ0n) is 14.2. The number of nitriles is 1. The van der Waals surface area contributed by atoms with Crippen molar-refractivity contribution in [1.82, 2.24) is 4.72 Å². The van der Waals surface area contributed by atoms with Gasteiger partial charge in [0.25, 0.3) is 0 Å². The Bertz CT molecular complexity index is 1020. The van der Waals surface area contributed by atoms with Crippen molar-refractivity contribution in [2.45, 2.75) is 24.3 Å². The van der Waals surface area contributed by atoms with E-state index in [1.165, 1.54) is 29.0 Å². The molecule has 0 unspecified atom stereocenters. The lowest BCUT2D eigenvalue weighted by atomic mass is 10.0. The first-order valence-electron chi connectivity index (χ1n) is 8.19. The van der Waals surface area contributed by atoms with Crippen LogP contribution in [0.4, 0.5) is 0 Å². The van der Waals surface area contributed by atoms with E-state index in [1.807, 2.05) is 47.8 Å². The number of nitrogens with zero attached hydrogens (tertiary/aromatic N) is 1. The standard InChI is InChI=1S/C20H18N2O2S2/c1-2-15-9-11-16(12-10-15)20(18-7-5-13-25-18)22-26(23,24)19-8-4-3-6-17(19)14-21/h3-13,20,22H,2H2,1H3/t20-/m1/s1.